The van der Waals surface area contributed by atoms with E-state index in [4.69, 9.17) is 0 Å². The highest BCUT2D eigenvalue weighted by molar-refractivity contribution is 5.79. The van der Waals surface area contributed by atoms with Crippen molar-refractivity contribution in [2.45, 2.75) is 39.2 Å². The minimum atomic E-state index is -0.141. The molecule has 134 valence electrons. The number of nitrogens with one attached hydrogen (secondary N) is 2. The highest BCUT2D eigenvalue weighted by Crippen LogP contribution is 2.17. The molecule has 0 saturated carbocycles. The number of likely N-dealkylation sites (tertiary alicyclic amines) is 1. The van der Waals surface area contributed by atoms with Crippen LogP contribution in [-0.4, -0.2) is 50.1 Å². The lowest BCUT2D eigenvalue weighted by molar-refractivity contribution is 0.141. The number of nitrogens with zero attached hydrogens (tertiary/aromatic N) is 2. The Hall–Kier alpha value is -1.62. The van der Waals surface area contributed by atoms with E-state index in [1.807, 2.05) is 12.1 Å². The molecule has 0 aliphatic carbocycles. The molecule has 5 heteroatoms. The highest BCUT2D eigenvalue weighted by Gasteiger charge is 2.21. The zero-order valence-electron chi connectivity index (χ0n) is 15.2. The Morgan fingerprint density at radius 3 is 2.83 bits per heavy atom. The van der Waals surface area contributed by atoms with Gasteiger partial charge in [-0.25, -0.2) is 4.39 Å². The third kappa shape index (κ3) is 5.78. The molecule has 2 rings (SSSR count). The Bertz CT molecular complexity index is 530. The molecular formula is C19H31FN4. The first-order valence-corrected chi connectivity index (χ1v) is 9.02. The predicted molar refractivity (Wildman–Crippen MR) is 98.9 cm³/mol. The summed E-state index contributed by atoms with van der Waals surface area (Å²) in [6, 6.07) is 7.54. The average Bonchev–Trinajstić information content (AvgIpc) is 2.59. The van der Waals surface area contributed by atoms with Gasteiger partial charge in [-0.15, -0.1) is 0 Å². The lowest BCUT2D eigenvalue weighted by Gasteiger charge is -2.35. The maximum Gasteiger partial charge on any atom is 0.190 e. The Balaban J connectivity index is 1.72. The summed E-state index contributed by atoms with van der Waals surface area (Å²) in [6.07, 6.45) is 3.18. The Kier molecular flexibility index (Phi) is 7.50. The Labute approximate surface area is 145 Å². The van der Waals surface area contributed by atoms with Gasteiger partial charge in [-0.1, -0.05) is 18.2 Å². The smallest absolute Gasteiger partial charge is 0.190 e. The van der Waals surface area contributed by atoms with Gasteiger partial charge in [0.1, 0.15) is 5.82 Å². The summed E-state index contributed by atoms with van der Waals surface area (Å²) >= 11 is 0. The number of aliphatic imine (C=N–C) groups is 1. The predicted octanol–water partition coefficient (Wildman–Crippen LogP) is 2.65. The molecule has 0 amide bonds. The van der Waals surface area contributed by atoms with E-state index in [9.17, 15) is 4.39 Å². The van der Waals surface area contributed by atoms with Crippen LogP contribution in [-0.2, 0) is 6.42 Å². The van der Waals surface area contributed by atoms with Crippen molar-refractivity contribution in [3.05, 3.63) is 35.6 Å². The number of benzene rings is 1. The van der Waals surface area contributed by atoms with Gasteiger partial charge < -0.3 is 15.5 Å². The molecule has 24 heavy (non-hydrogen) atoms. The van der Waals surface area contributed by atoms with E-state index >= 15 is 0 Å². The molecule has 1 aliphatic heterocycles. The Morgan fingerprint density at radius 2 is 2.12 bits per heavy atom. The van der Waals surface area contributed by atoms with Crippen LogP contribution in [0, 0.1) is 11.7 Å². The minimum absolute atomic E-state index is 0.141. The molecule has 1 saturated heterocycles. The number of piperidine rings is 1. The van der Waals surface area contributed by atoms with Crippen LogP contribution in [0.5, 0.6) is 0 Å². The van der Waals surface area contributed by atoms with Crippen LogP contribution in [0.15, 0.2) is 29.3 Å². The number of guanidine groups is 1. The van der Waals surface area contributed by atoms with Gasteiger partial charge in [0, 0.05) is 32.7 Å². The molecule has 1 aliphatic rings. The second kappa shape index (κ2) is 9.62. The van der Waals surface area contributed by atoms with E-state index in [0.29, 0.717) is 24.9 Å². The molecule has 1 unspecified atom stereocenters. The fourth-order valence-electron chi connectivity index (χ4n) is 3.21. The van der Waals surface area contributed by atoms with Gasteiger partial charge >= 0.3 is 0 Å². The van der Waals surface area contributed by atoms with Crippen LogP contribution >= 0.6 is 0 Å². The molecule has 0 aromatic heterocycles. The summed E-state index contributed by atoms with van der Waals surface area (Å²) in [4.78, 5) is 6.81. The SMILES string of the molecule is CN=C(NCCc1ccccc1F)NCC1CCCN(C(C)C)C1. The summed E-state index contributed by atoms with van der Waals surface area (Å²) < 4.78 is 13.6. The van der Waals surface area contributed by atoms with E-state index in [2.05, 4.69) is 34.4 Å². The lowest BCUT2D eigenvalue weighted by atomic mass is 9.97. The van der Waals surface area contributed by atoms with Crippen molar-refractivity contribution in [1.82, 2.24) is 15.5 Å². The lowest BCUT2D eigenvalue weighted by Crippen LogP contribution is -2.46. The third-order valence-electron chi connectivity index (χ3n) is 4.71. The van der Waals surface area contributed by atoms with Crippen LogP contribution in [0.3, 0.4) is 0 Å². The number of halogens is 1. The molecule has 4 nitrogen and oxygen atoms in total. The highest BCUT2D eigenvalue weighted by atomic mass is 19.1. The second-order valence-electron chi connectivity index (χ2n) is 6.82. The summed E-state index contributed by atoms with van der Waals surface area (Å²) in [5, 5.41) is 6.70. The van der Waals surface area contributed by atoms with Crippen molar-refractivity contribution in [2.75, 3.05) is 33.2 Å². The van der Waals surface area contributed by atoms with Crippen LogP contribution in [0.4, 0.5) is 4.39 Å². The maximum atomic E-state index is 13.6. The van der Waals surface area contributed by atoms with Gasteiger partial charge in [0.15, 0.2) is 5.96 Å². The Morgan fingerprint density at radius 1 is 1.33 bits per heavy atom. The van der Waals surface area contributed by atoms with Gasteiger partial charge in [0.25, 0.3) is 0 Å². The third-order valence-corrected chi connectivity index (χ3v) is 4.71. The summed E-state index contributed by atoms with van der Waals surface area (Å²) in [6.45, 7) is 8.49. The van der Waals surface area contributed by atoms with E-state index in [1.54, 1.807) is 13.1 Å². The number of hydrogen-bond acceptors (Lipinski definition) is 2. The summed E-state index contributed by atoms with van der Waals surface area (Å²) in [7, 11) is 1.78. The average molecular weight is 334 g/mol. The topological polar surface area (TPSA) is 39.7 Å². The fraction of sp³-hybridized carbons (Fsp3) is 0.632. The first-order chi connectivity index (χ1) is 11.6. The normalized spacial score (nSPS) is 19.5. The molecule has 0 bridgehead atoms. The molecule has 1 aromatic carbocycles. The molecule has 1 heterocycles. The first kappa shape index (κ1) is 18.7. The quantitative estimate of drug-likeness (QED) is 0.621. The van der Waals surface area contributed by atoms with Crippen molar-refractivity contribution in [2.24, 2.45) is 10.9 Å². The van der Waals surface area contributed by atoms with Gasteiger partial charge in [0.2, 0.25) is 0 Å². The van der Waals surface area contributed by atoms with Crippen LogP contribution < -0.4 is 10.6 Å². The number of hydrogen-bond donors (Lipinski definition) is 2. The molecule has 1 aromatic rings. The van der Waals surface area contributed by atoms with Gasteiger partial charge in [-0.2, -0.15) is 0 Å². The van der Waals surface area contributed by atoms with Crippen LogP contribution in [0.1, 0.15) is 32.3 Å². The van der Waals surface area contributed by atoms with Crippen LogP contribution in [0.2, 0.25) is 0 Å². The second-order valence-corrected chi connectivity index (χ2v) is 6.82. The summed E-state index contributed by atoms with van der Waals surface area (Å²) in [5.74, 6) is 1.32. The van der Waals surface area contributed by atoms with E-state index < -0.39 is 0 Å². The molecule has 0 radical (unpaired) electrons. The van der Waals surface area contributed by atoms with Gasteiger partial charge in [0.05, 0.1) is 0 Å². The van der Waals surface area contributed by atoms with Crippen LogP contribution in [0.25, 0.3) is 0 Å². The molecule has 2 N–H and O–H groups in total. The fourth-order valence-corrected chi connectivity index (χ4v) is 3.21. The summed E-state index contributed by atoms with van der Waals surface area (Å²) in [5.41, 5.74) is 0.736. The molecule has 0 spiro atoms. The zero-order valence-corrected chi connectivity index (χ0v) is 15.2. The monoisotopic (exact) mass is 334 g/mol. The molecule has 1 fully saturated rings. The van der Waals surface area contributed by atoms with Crippen molar-refractivity contribution in [1.29, 1.82) is 0 Å². The van der Waals surface area contributed by atoms with E-state index in [1.165, 1.54) is 25.5 Å². The van der Waals surface area contributed by atoms with Crippen molar-refractivity contribution >= 4 is 5.96 Å². The first-order valence-electron chi connectivity index (χ1n) is 9.02. The van der Waals surface area contributed by atoms with E-state index in [-0.39, 0.29) is 5.82 Å². The largest absolute Gasteiger partial charge is 0.356 e. The maximum absolute atomic E-state index is 13.6. The van der Waals surface area contributed by atoms with Crippen molar-refractivity contribution < 1.29 is 4.39 Å². The standard InChI is InChI=1S/C19H31FN4/c1-15(2)24-12-6-7-16(14-24)13-23-19(21-3)22-11-10-17-8-4-5-9-18(17)20/h4-5,8-9,15-16H,6-7,10-14H2,1-3H3,(H2,21,22,23). The van der Waals surface area contributed by atoms with Gasteiger partial charge in [-0.3, -0.25) is 4.99 Å². The number of rotatable bonds is 6. The van der Waals surface area contributed by atoms with Crippen molar-refractivity contribution in [3.63, 3.8) is 0 Å². The minimum Gasteiger partial charge on any atom is -0.356 e. The zero-order chi connectivity index (χ0) is 17.4. The van der Waals surface area contributed by atoms with E-state index in [0.717, 1.165) is 24.6 Å². The molecular weight excluding hydrogens is 303 g/mol. The molecule has 1 atom stereocenters. The van der Waals surface area contributed by atoms with Gasteiger partial charge in [-0.05, 0) is 57.2 Å². The van der Waals surface area contributed by atoms with Crippen molar-refractivity contribution in [3.8, 4) is 0 Å².